The van der Waals surface area contributed by atoms with Crippen LogP contribution in [0.4, 0.5) is 5.69 Å². The molecule has 0 N–H and O–H groups in total. The first kappa shape index (κ1) is 10.2. The monoisotopic (exact) mass is 195 g/mol. The van der Waals surface area contributed by atoms with E-state index in [2.05, 4.69) is 4.74 Å². The maximum Gasteiger partial charge on any atom is 0.344 e. The molecule has 0 fully saturated rings. The molecule has 0 aliphatic heterocycles. The van der Waals surface area contributed by atoms with Gasteiger partial charge in [0, 0.05) is 6.07 Å². The van der Waals surface area contributed by atoms with Gasteiger partial charge in [0.05, 0.1) is 12.0 Å². The Morgan fingerprint density at radius 3 is 2.64 bits per heavy atom. The lowest BCUT2D eigenvalue weighted by Crippen LogP contribution is -2.05. The van der Waals surface area contributed by atoms with Crippen molar-refractivity contribution < 1.29 is 14.5 Å². The van der Waals surface area contributed by atoms with Crippen molar-refractivity contribution in [2.24, 2.45) is 0 Å². The summed E-state index contributed by atoms with van der Waals surface area (Å²) in [5.74, 6) is -0.694. The quantitative estimate of drug-likeness (QED) is 0.409. The van der Waals surface area contributed by atoms with Gasteiger partial charge >= 0.3 is 5.97 Å². The SMILES string of the molecule is COC(=O)c1cc(C)ccc1[N+](=O)[O-]. The molecule has 74 valence electrons. The predicted molar refractivity (Wildman–Crippen MR) is 49.2 cm³/mol. The van der Waals surface area contributed by atoms with E-state index in [1.807, 2.05) is 0 Å². The lowest BCUT2D eigenvalue weighted by atomic mass is 10.1. The van der Waals surface area contributed by atoms with Crippen molar-refractivity contribution >= 4 is 11.7 Å². The number of hydrogen-bond donors (Lipinski definition) is 0. The molecule has 0 aromatic heterocycles. The highest BCUT2D eigenvalue weighted by molar-refractivity contribution is 5.94. The van der Waals surface area contributed by atoms with Gasteiger partial charge in [-0.1, -0.05) is 6.07 Å². The topological polar surface area (TPSA) is 69.4 Å². The Hall–Kier alpha value is -1.91. The molecule has 14 heavy (non-hydrogen) atoms. The Bertz CT molecular complexity index is 386. The van der Waals surface area contributed by atoms with Crippen LogP contribution in [0.5, 0.6) is 0 Å². The molecule has 0 atom stereocenters. The average Bonchev–Trinajstić information content (AvgIpc) is 2.16. The molecule has 0 saturated heterocycles. The molecule has 5 heteroatoms. The van der Waals surface area contributed by atoms with Crippen molar-refractivity contribution in [3.05, 3.63) is 39.4 Å². The summed E-state index contributed by atoms with van der Waals surface area (Å²) in [6, 6.07) is 4.30. The van der Waals surface area contributed by atoms with Crippen molar-refractivity contribution in [1.82, 2.24) is 0 Å². The highest BCUT2D eigenvalue weighted by atomic mass is 16.6. The van der Waals surface area contributed by atoms with E-state index in [1.165, 1.54) is 19.2 Å². The Balaban J connectivity index is 3.29. The van der Waals surface area contributed by atoms with Gasteiger partial charge in [-0.05, 0) is 18.6 Å². The number of nitro benzene ring substituents is 1. The van der Waals surface area contributed by atoms with Gasteiger partial charge in [0.25, 0.3) is 5.69 Å². The zero-order chi connectivity index (χ0) is 10.7. The van der Waals surface area contributed by atoms with Crippen molar-refractivity contribution in [3.63, 3.8) is 0 Å². The highest BCUT2D eigenvalue weighted by Crippen LogP contribution is 2.20. The molecule has 0 aliphatic rings. The van der Waals surface area contributed by atoms with Gasteiger partial charge in [-0.3, -0.25) is 10.1 Å². The maximum absolute atomic E-state index is 11.2. The molecule has 1 aromatic rings. The maximum atomic E-state index is 11.2. The Kier molecular flexibility index (Phi) is 2.81. The summed E-state index contributed by atoms with van der Waals surface area (Å²) in [5.41, 5.74) is 0.524. The summed E-state index contributed by atoms with van der Waals surface area (Å²) in [6.45, 7) is 1.75. The molecule has 1 aromatic carbocycles. The van der Waals surface area contributed by atoms with Crippen LogP contribution in [0.3, 0.4) is 0 Å². The minimum absolute atomic E-state index is 0.0162. The third kappa shape index (κ3) is 1.87. The van der Waals surface area contributed by atoms with Gasteiger partial charge < -0.3 is 4.74 Å². The van der Waals surface area contributed by atoms with E-state index in [9.17, 15) is 14.9 Å². The summed E-state index contributed by atoms with van der Waals surface area (Å²) in [6.07, 6.45) is 0. The summed E-state index contributed by atoms with van der Waals surface area (Å²) < 4.78 is 4.44. The van der Waals surface area contributed by atoms with Gasteiger partial charge in [0.15, 0.2) is 0 Å². The number of methoxy groups -OCH3 is 1. The van der Waals surface area contributed by atoms with E-state index in [4.69, 9.17) is 0 Å². The molecule has 0 aliphatic carbocycles. The number of nitrogens with zero attached hydrogens (tertiary/aromatic N) is 1. The van der Waals surface area contributed by atoms with Crippen molar-refractivity contribution in [2.75, 3.05) is 7.11 Å². The van der Waals surface area contributed by atoms with E-state index in [0.29, 0.717) is 0 Å². The molecular formula is C9H9NO4. The third-order valence-corrected chi connectivity index (χ3v) is 1.75. The number of carbonyl (C=O) groups excluding carboxylic acids is 1. The van der Waals surface area contributed by atoms with Gasteiger partial charge in [-0.2, -0.15) is 0 Å². The molecule has 0 amide bonds. The second-order valence-corrected chi connectivity index (χ2v) is 2.77. The van der Waals surface area contributed by atoms with Gasteiger partial charge in [-0.25, -0.2) is 4.79 Å². The number of benzene rings is 1. The first-order chi connectivity index (χ1) is 6.56. The second kappa shape index (κ2) is 3.87. The van der Waals surface area contributed by atoms with E-state index < -0.39 is 10.9 Å². The Labute approximate surface area is 80.5 Å². The normalized spacial score (nSPS) is 9.57. The van der Waals surface area contributed by atoms with Crippen LogP contribution in [0.1, 0.15) is 15.9 Å². The number of ether oxygens (including phenoxy) is 1. The summed E-state index contributed by atoms with van der Waals surface area (Å²) in [5, 5.41) is 10.6. The summed E-state index contributed by atoms with van der Waals surface area (Å²) in [4.78, 5) is 21.1. The zero-order valence-electron chi connectivity index (χ0n) is 7.81. The first-order valence-corrected chi connectivity index (χ1v) is 3.89. The molecule has 5 nitrogen and oxygen atoms in total. The van der Waals surface area contributed by atoms with Gasteiger partial charge in [0.2, 0.25) is 0 Å². The van der Waals surface area contributed by atoms with E-state index in [1.54, 1.807) is 13.0 Å². The van der Waals surface area contributed by atoms with E-state index in [-0.39, 0.29) is 11.3 Å². The van der Waals surface area contributed by atoms with Crippen LogP contribution in [0.2, 0.25) is 0 Å². The number of rotatable bonds is 2. The van der Waals surface area contributed by atoms with Gasteiger partial charge in [-0.15, -0.1) is 0 Å². The van der Waals surface area contributed by atoms with Crippen molar-refractivity contribution in [1.29, 1.82) is 0 Å². The Morgan fingerprint density at radius 2 is 2.14 bits per heavy atom. The predicted octanol–water partition coefficient (Wildman–Crippen LogP) is 1.69. The molecule has 0 heterocycles. The van der Waals surface area contributed by atoms with Crippen LogP contribution >= 0.6 is 0 Å². The van der Waals surface area contributed by atoms with Crippen LogP contribution in [0.25, 0.3) is 0 Å². The second-order valence-electron chi connectivity index (χ2n) is 2.77. The molecule has 0 radical (unpaired) electrons. The van der Waals surface area contributed by atoms with Crippen molar-refractivity contribution in [2.45, 2.75) is 6.92 Å². The molecule has 0 saturated carbocycles. The number of carbonyl (C=O) groups is 1. The summed E-state index contributed by atoms with van der Waals surface area (Å²) in [7, 11) is 1.19. The lowest BCUT2D eigenvalue weighted by Gasteiger charge is -2.01. The van der Waals surface area contributed by atoms with Crippen LogP contribution in [0.15, 0.2) is 18.2 Å². The van der Waals surface area contributed by atoms with Gasteiger partial charge in [0.1, 0.15) is 5.56 Å². The molecule has 0 spiro atoms. The largest absolute Gasteiger partial charge is 0.465 e. The van der Waals surface area contributed by atoms with Crippen molar-refractivity contribution in [3.8, 4) is 0 Å². The van der Waals surface area contributed by atoms with E-state index in [0.717, 1.165) is 5.56 Å². The third-order valence-electron chi connectivity index (χ3n) is 1.75. The number of nitro groups is 1. The minimum atomic E-state index is -0.694. The smallest absolute Gasteiger partial charge is 0.344 e. The number of esters is 1. The number of hydrogen-bond acceptors (Lipinski definition) is 4. The lowest BCUT2D eigenvalue weighted by molar-refractivity contribution is -0.385. The fraction of sp³-hybridized carbons (Fsp3) is 0.222. The Morgan fingerprint density at radius 1 is 1.50 bits per heavy atom. The molecule has 0 unspecified atom stereocenters. The zero-order valence-corrected chi connectivity index (χ0v) is 7.81. The first-order valence-electron chi connectivity index (χ1n) is 3.89. The molecular weight excluding hydrogens is 186 g/mol. The standard InChI is InChI=1S/C9H9NO4/c1-6-3-4-8(10(12)13)7(5-6)9(11)14-2/h3-5H,1-2H3. The van der Waals surface area contributed by atoms with E-state index >= 15 is 0 Å². The highest BCUT2D eigenvalue weighted by Gasteiger charge is 2.20. The fourth-order valence-corrected chi connectivity index (χ4v) is 1.08. The average molecular weight is 195 g/mol. The molecule has 1 rings (SSSR count). The molecule has 0 bridgehead atoms. The van der Waals surface area contributed by atoms with Crippen LogP contribution in [0, 0.1) is 17.0 Å². The number of aryl methyl sites for hydroxylation is 1. The summed E-state index contributed by atoms with van der Waals surface area (Å²) >= 11 is 0. The van der Waals surface area contributed by atoms with Crippen LogP contribution < -0.4 is 0 Å². The van der Waals surface area contributed by atoms with Crippen LogP contribution in [-0.2, 0) is 4.74 Å². The van der Waals surface area contributed by atoms with Crippen LogP contribution in [-0.4, -0.2) is 18.0 Å². The fourth-order valence-electron chi connectivity index (χ4n) is 1.08. The minimum Gasteiger partial charge on any atom is -0.465 e.